The number of phenolic OH excluding ortho intramolecular Hbond substituents is 1. The van der Waals surface area contributed by atoms with E-state index in [-0.39, 0.29) is 17.7 Å². The summed E-state index contributed by atoms with van der Waals surface area (Å²) in [5.74, 6) is 2.60. The molecule has 0 aromatic heterocycles. The van der Waals surface area contributed by atoms with Crippen LogP contribution < -0.4 is 5.32 Å². The quantitative estimate of drug-likeness (QED) is 0.834. The molecule has 0 heterocycles. The molecule has 0 spiro atoms. The molecule has 2 saturated carbocycles. The van der Waals surface area contributed by atoms with Gasteiger partial charge in [0.05, 0.1) is 0 Å². The van der Waals surface area contributed by atoms with Gasteiger partial charge in [-0.15, -0.1) is 0 Å². The minimum absolute atomic E-state index is 0.0293. The van der Waals surface area contributed by atoms with Gasteiger partial charge in [0.15, 0.2) is 0 Å². The minimum atomic E-state index is -0.0293. The van der Waals surface area contributed by atoms with Crippen molar-refractivity contribution in [1.29, 1.82) is 0 Å². The van der Waals surface area contributed by atoms with Crippen molar-refractivity contribution in [2.45, 2.75) is 38.6 Å². The zero-order valence-corrected chi connectivity index (χ0v) is 12.5. The summed E-state index contributed by atoms with van der Waals surface area (Å²) in [6.45, 7) is 2.14. The number of hydrogen-bond acceptors (Lipinski definition) is 2. The van der Waals surface area contributed by atoms with Crippen LogP contribution in [0.4, 0.5) is 0 Å². The molecular weight excluding hydrogens is 262 g/mol. The molecule has 2 aliphatic rings. The summed E-state index contributed by atoms with van der Waals surface area (Å²) in [4.78, 5) is 12.0. The molecule has 0 radical (unpaired) electrons. The molecule has 2 N–H and O–H groups in total. The van der Waals surface area contributed by atoms with E-state index in [1.54, 1.807) is 36.4 Å². The maximum absolute atomic E-state index is 12.0. The monoisotopic (exact) mass is 285 g/mol. The largest absolute Gasteiger partial charge is 0.508 e. The lowest BCUT2D eigenvalue weighted by Crippen LogP contribution is -2.39. The number of carbonyl (C=O) groups is 1. The lowest BCUT2D eigenvalue weighted by molar-refractivity contribution is -0.117. The van der Waals surface area contributed by atoms with Crippen molar-refractivity contribution in [2.75, 3.05) is 0 Å². The molecule has 3 nitrogen and oxygen atoms in total. The molecule has 1 aromatic carbocycles. The maximum Gasteiger partial charge on any atom is 0.244 e. The fourth-order valence-corrected chi connectivity index (χ4v) is 4.04. The van der Waals surface area contributed by atoms with Crippen molar-refractivity contribution in [2.24, 2.45) is 17.8 Å². The smallest absolute Gasteiger partial charge is 0.244 e. The maximum atomic E-state index is 12.0. The molecule has 21 heavy (non-hydrogen) atoms. The van der Waals surface area contributed by atoms with E-state index >= 15 is 0 Å². The normalized spacial score (nSPS) is 28.9. The second-order valence-corrected chi connectivity index (χ2v) is 6.56. The summed E-state index contributed by atoms with van der Waals surface area (Å²) in [7, 11) is 0. The molecule has 2 bridgehead atoms. The second kappa shape index (κ2) is 5.92. The van der Waals surface area contributed by atoms with Crippen molar-refractivity contribution >= 4 is 12.0 Å². The van der Waals surface area contributed by atoms with Crippen molar-refractivity contribution < 1.29 is 9.90 Å². The Morgan fingerprint density at radius 3 is 2.67 bits per heavy atom. The lowest BCUT2D eigenvalue weighted by Gasteiger charge is -2.28. The summed E-state index contributed by atoms with van der Waals surface area (Å²) < 4.78 is 0. The molecule has 112 valence electrons. The predicted molar refractivity (Wildman–Crippen MR) is 83.7 cm³/mol. The fourth-order valence-electron chi connectivity index (χ4n) is 4.04. The summed E-state index contributed by atoms with van der Waals surface area (Å²) in [6, 6.07) is 7.08. The van der Waals surface area contributed by atoms with Gasteiger partial charge in [-0.25, -0.2) is 0 Å². The highest BCUT2D eigenvalue weighted by atomic mass is 16.3. The predicted octanol–water partition coefficient (Wildman–Crippen LogP) is 3.35. The van der Waals surface area contributed by atoms with Gasteiger partial charge in [0.1, 0.15) is 5.75 Å². The van der Waals surface area contributed by atoms with Gasteiger partial charge in [-0.1, -0.05) is 18.6 Å². The molecule has 3 rings (SSSR count). The molecule has 3 heteroatoms. The van der Waals surface area contributed by atoms with Crippen molar-refractivity contribution in [1.82, 2.24) is 5.32 Å². The first-order chi connectivity index (χ1) is 10.1. The van der Waals surface area contributed by atoms with E-state index in [1.807, 2.05) is 0 Å². The van der Waals surface area contributed by atoms with E-state index in [2.05, 4.69) is 12.2 Å². The summed E-state index contributed by atoms with van der Waals surface area (Å²) in [6.07, 6.45) is 8.75. The first-order valence-electron chi connectivity index (χ1n) is 7.89. The van der Waals surface area contributed by atoms with Crippen LogP contribution in [0.15, 0.2) is 30.3 Å². The summed E-state index contributed by atoms with van der Waals surface area (Å²) >= 11 is 0. The van der Waals surface area contributed by atoms with Gasteiger partial charge in [-0.3, -0.25) is 4.79 Å². The van der Waals surface area contributed by atoms with Gasteiger partial charge < -0.3 is 10.4 Å². The van der Waals surface area contributed by atoms with Gasteiger partial charge in [0.25, 0.3) is 0 Å². The van der Waals surface area contributed by atoms with Gasteiger partial charge in [-0.05, 0) is 67.7 Å². The molecule has 2 fully saturated rings. The van der Waals surface area contributed by atoms with Crippen LogP contribution in [0.2, 0.25) is 0 Å². The number of amides is 1. The number of carbonyl (C=O) groups excluding carboxylic acids is 1. The average molecular weight is 285 g/mol. The minimum Gasteiger partial charge on any atom is -0.508 e. The van der Waals surface area contributed by atoms with E-state index in [1.165, 1.54) is 25.7 Å². The first-order valence-corrected chi connectivity index (χ1v) is 7.89. The number of nitrogens with one attached hydrogen (secondary N) is 1. The van der Waals surface area contributed by atoms with Crippen LogP contribution in [0.25, 0.3) is 6.08 Å². The zero-order chi connectivity index (χ0) is 14.8. The third-order valence-corrected chi connectivity index (χ3v) is 5.13. The number of phenols is 1. The van der Waals surface area contributed by atoms with Crippen LogP contribution in [0.1, 0.15) is 38.2 Å². The Morgan fingerprint density at radius 1 is 1.29 bits per heavy atom. The molecule has 0 aliphatic heterocycles. The zero-order valence-electron chi connectivity index (χ0n) is 12.5. The molecule has 1 aromatic rings. The van der Waals surface area contributed by atoms with Crippen LogP contribution in [0.3, 0.4) is 0 Å². The van der Waals surface area contributed by atoms with E-state index < -0.39 is 0 Å². The van der Waals surface area contributed by atoms with Crippen LogP contribution in [0.5, 0.6) is 5.75 Å². The third kappa shape index (κ3) is 3.29. The van der Waals surface area contributed by atoms with Crippen LogP contribution in [-0.4, -0.2) is 17.1 Å². The Labute approximate surface area is 126 Å². The van der Waals surface area contributed by atoms with E-state index in [9.17, 15) is 9.90 Å². The molecule has 4 unspecified atom stereocenters. The van der Waals surface area contributed by atoms with Gasteiger partial charge in [0.2, 0.25) is 5.91 Å². The highest BCUT2D eigenvalue weighted by Crippen LogP contribution is 2.49. The van der Waals surface area contributed by atoms with Crippen LogP contribution in [-0.2, 0) is 4.79 Å². The SMILES string of the molecule is CC(NC(=O)/C=C/c1ccc(O)cc1)C1CC2CCC1C2. The van der Waals surface area contributed by atoms with Crippen molar-refractivity contribution in [3.63, 3.8) is 0 Å². The standard InChI is InChI=1S/C18H23NO2/c1-12(17-11-14-2-6-15(17)10-14)19-18(21)9-5-13-3-7-16(20)8-4-13/h3-5,7-9,12,14-15,17,20H,2,6,10-11H2,1H3,(H,19,21)/b9-5+. The van der Waals surface area contributed by atoms with Crippen molar-refractivity contribution in [3.05, 3.63) is 35.9 Å². The third-order valence-electron chi connectivity index (χ3n) is 5.13. The Kier molecular flexibility index (Phi) is 4.00. The highest BCUT2D eigenvalue weighted by Gasteiger charge is 2.41. The van der Waals surface area contributed by atoms with Gasteiger partial charge >= 0.3 is 0 Å². The number of aromatic hydroxyl groups is 1. The average Bonchev–Trinajstić information content (AvgIpc) is 3.09. The molecule has 1 amide bonds. The summed E-state index contributed by atoms with van der Waals surface area (Å²) in [5, 5.41) is 12.3. The van der Waals surface area contributed by atoms with E-state index in [4.69, 9.17) is 0 Å². The summed E-state index contributed by atoms with van der Waals surface area (Å²) in [5.41, 5.74) is 0.913. The topological polar surface area (TPSA) is 49.3 Å². The Morgan fingerprint density at radius 2 is 2.05 bits per heavy atom. The van der Waals surface area contributed by atoms with E-state index in [0.29, 0.717) is 5.92 Å². The molecule has 4 atom stereocenters. The highest BCUT2D eigenvalue weighted by molar-refractivity contribution is 5.91. The number of fused-ring (bicyclic) bond motifs is 2. The Hall–Kier alpha value is -1.77. The van der Waals surface area contributed by atoms with Gasteiger partial charge in [-0.2, -0.15) is 0 Å². The van der Waals surface area contributed by atoms with Crippen molar-refractivity contribution in [3.8, 4) is 5.75 Å². The number of benzene rings is 1. The first kappa shape index (κ1) is 14.2. The van der Waals surface area contributed by atoms with Gasteiger partial charge in [0, 0.05) is 12.1 Å². The molecule has 0 saturated heterocycles. The Bertz CT molecular complexity index is 535. The Balaban J connectivity index is 1.53. The fraction of sp³-hybridized carbons (Fsp3) is 0.500. The molecular formula is C18H23NO2. The van der Waals surface area contributed by atoms with E-state index in [0.717, 1.165) is 17.4 Å². The van der Waals surface area contributed by atoms with Crippen LogP contribution >= 0.6 is 0 Å². The number of rotatable bonds is 4. The molecule has 2 aliphatic carbocycles. The second-order valence-electron chi connectivity index (χ2n) is 6.56. The number of hydrogen-bond donors (Lipinski definition) is 2. The lowest BCUT2D eigenvalue weighted by atomic mass is 9.84. The van der Waals surface area contributed by atoms with Crippen LogP contribution in [0, 0.1) is 17.8 Å².